The molecule has 2 aromatic rings. The Morgan fingerprint density at radius 2 is 1.78 bits per heavy atom. The van der Waals surface area contributed by atoms with Crippen molar-refractivity contribution < 1.29 is 23.9 Å². The molecule has 0 aliphatic carbocycles. The van der Waals surface area contributed by atoms with Gasteiger partial charge in [0.2, 0.25) is 11.8 Å². The molecule has 1 aliphatic rings. The van der Waals surface area contributed by atoms with E-state index < -0.39 is 23.7 Å². The number of amides is 2. The molecule has 0 bridgehead atoms. The van der Waals surface area contributed by atoms with E-state index in [0.717, 1.165) is 28.6 Å². The fourth-order valence-corrected chi connectivity index (χ4v) is 4.96. The van der Waals surface area contributed by atoms with Crippen LogP contribution in [0.4, 0.5) is 5.69 Å². The maximum atomic E-state index is 13.2. The van der Waals surface area contributed by atoms with Crippen molar-refractivity contribution in [3.8, 4) is 11.8 Å². The lowest BCUT2D eigenvalue weighted by atomic mass is 9.78. The number of benzene rings is 2. The first kappa shape index (κ1) is 26.8. The van der Waals surface area contributed by atoms with Crippen molar-refractivity contribution in [1.82, 2.24) is 5.32 Å². The number of aryl methyl sites for hydroxylation is 2. The van der Waals surface area contributed by atoms with Crippen molar-refractivity contribution in [3.63, 3.8) is 0 Å². The number of thioether (sulfide) groups is 1. The second-order valence-electron chi connectivity index (χ2n) is 8.13. The minimum absolute atomic E-state index is 0.0432. The minimum atomic E-state index is -1.27. The summed E-state index contributed by atoms with van der Waals surface area (Å²) in [5.74, 6) is -3.37. The monoisotopic (exact) mass is 507 g/mol. The zero-order valence-electron chi connectivity index (χ0n) is 20.7. The molecule has 0 fully saturated rings. The molecule has 36 heavy (non-hydrogen) atoms. The molecular formula is C27H29N3O5S. The van der Waals surface area contributed by atoms with Crippen LogP contribution in [0.25, 0.3) is 0 Å². The van der Waals surface area contributed by atoms with Crippen LogP contribution in [-0.2, 0) is 19.1 Å². The van der Waals surface area contributed by atoms with Gasteiger partial charge in [0.15, 0.2) is 0 Å². The Bertz CT molecular complexity index is 1210. The third kappa shape index (κ3) is 5.89. The van der Waals surface area contributed by atoms with E-state index in [9.17, 15) is 19.6 Å². The highest BCUT2D eigenvalue weighted by Crippen LogP contribution is 2.43. The fourth-order valence-electron chi connectivity index (χ4n) is 4.11. The lowest BCUT2D eigenvalue weighted by Gasteiger charge is -2.32. The van der Waals surface area contributed by atoms with Crippen LogP contribution in [0.5, 0.6) is 5.75 Å². The number of nitriles is 1. The summed E-state index contributed by atoms with van der Waals surface area (Å²) in [6.45, 7) is 7.75. The molecular weight excluding hydrogens is 478 g/mol. The van der Waals surface area contributed by atoms with Crippen LogP contribution < -0.4 is 15.4 Å². The predicted octanol–water partition coefficient (Wildman–Crippen LogP) is 4.20. The topological polar surface area (TPSA) is 118 Å². The van der Waals surface area contributed by atoms with Gasteiger partial charge in [-0.3, -0.25) is 14.4 Å². The number of nitrogens with zero attached hydrogens (tertiary/aromatic N) is 1. The quantitative estimate of drug-likeness (QED) is 0.386. The molecule has 2 aromatic carbocycles. The Labute approximate surface area is 215 Å². The van der Waals surface area contributed by atoms with Crippen LogP contribution in [0, 0.1) is 31.1 Å². The molecule has 2 atom stereocenters. The van der Waals surface area contributed by atoms with Gasteiger partial charge in [-0.15, -0.1) is 0 Å². The van der Waals surface area contributed by atoms with Gasteiger partial charge in [0, 0.05) is 17.2 Å². The lowest BCUT2D eigenvalue weighted by molar-refractivity contribution is -0.152. The molecule has 9 heteroatoms. The molecule has 2 N–H and O–H groups in total. The number of carbonyl (C=O) groups is 3. The zero-order chi connectivity index (χ0) is 26.2. The van der Waals surface area contributed by atoms with Gasteiger partial charge in [-0.05, 0) is 44.9 Å². The summed E-state index contributed by atoms with van der Waals surface area (Å²) in [5, 5.41) is 15.9. The second kappa shape index (κ2) is 12.3. The maximum absolute atomic E-state index is 13.2. The predicted molar refractivity (Wildman–Crippen MR) is 138 cm³/mol. The van der Waals surface area contributed by atoms with Gasteiger partial charge in [0.05, 0.1) is 35.6 Å². The normalized spacial score (nSPS) is 17.1. The molecule has 1 heterocycles. The Morgan fingerprint density at radius 3 is 2.42 bits per heavy atom. The molecule has 2 amide bonds. The lowest BCUT2D eigenvalue weighted by Crippen LogP contribution is -2.44. The van der Waals surface area contributed by atoms with E-state index >= 15 is 0 Å². The number of ether oxygens (including phenoxy) is 2. The van der Waals surface area contributed by atoms with Gasteiger partial charge < -0.3 is 20.1 Å². The van der Waals surface area contributed by atoms with Crippen molar-refractivity contribution in [2.45, 2.75) is 33.6 Å². The first-order chi connectivity index (χ1) is 17.3. The average molecular weight is 508 g/mol. The molecule has 1 aliphatic heterocycles. The Morgan fingerprint density at radius 1 is 1.08 bits per heavy atom. The van der Waals surface area contributed by atoms with E-state index in [4.69, 9.17) is 9.47 Å². The van der Waals surface area contributed by atoms with Crippen LogP contribution in [0.2, 0.25) is 0 Å². The summed E-state index contributed by atoms with van der Waals surface area (Å²) >= 11 is 1.04. The molecule has 0 saturated carbocycles. The van der Waals surface area contributed by atoms with E-state index in [-0.39, 0.29) is 28.9 Å². The van der Waals surface area contributed by atoms with Gasteiger partial charge in [-0.2, -0.15) is 5.26 Å². The smallest absolute Gasteiger partial charge is 0.319 e. The number of esters is 1. The van der Waals surface area contributed by atoms with Crippen LogP contribution in [0.1, 0.15) is 36.5 Å². The van der Waals surface area contributed by atoms with Crippen molar-refractivity contribution in [3.05, 3.63) is 69.8 Å². The highest BCUT2D eigenvalue weighted by Gasteiger charge is 2.45. The number of para-hydroxylation sites is 2. The Hall–Kier alpha value is -3.77. The number of nitrogens with one attached hydrogen (secondary N) is 2. The van der Waals surface area contributed by atoms with E-state index in [1.807, 2.05) is 39.0 Å². The van der Waals surface area contributed by atoms with Crippen molar-refractivity contribution in [1.29, 1.82) is 5.26 Å². The van der Waals surface area contributed by atoms with Crippen LogP contribution in [-0.4, -0.2) is 36.8 Å². The van der Waals surface area contributed by atoms with Gasteiger partial charge in [-0.1, -0.05) is 48.2 Å². The number of anilines is 1. The number of hydrogen-bond donors (Lipinski definition) is 2. The summed E-state index contributed by atoms with van der Waals surface area (Å²) in [6, 6.07) is 14.9. The van der Waals surface area contributed by atoms with E-state index in [1.54, 1.807) is 31.2 Å². The zero-order valence-corrected chi connectivity index (χ0v) is 21.5. The Kier molecular flexibility index (Phi) is 9.14. The highest BCUT2D eigenvalue weighted by molar-refractivity contribution is 8.03. The summed E-state index contributed by atoms with van der Waals surface area (Å²) in [6.07, 6.45) is 0. The molecule has 188 valence electrons. The minimum Gasteiger partial charge on any atom is -0.494 e. The molecule has 0 unspecified atom stereocenters. The van der Waals surface area contributed by atoms with E-state index in [1.165, 1.54) is 0 Å². The highest BCUT2D eigenvalue weighted by atomic mass is 32.2. The average Bonchev–Trinajstić information content (AvgIpc) is 2.85. The molecule has 0 spiro atoms. The third-order valence-corrected chi connectivity index (χ3v) is 6.73. The summed E-state index contributed by atoms with van der Waals surface area (Å²) < 4.78 is 10.9. The molecule has 3 rings (SSSR count). The molecule has 0 aromatic heterocycles. The van der Waals surface area contributed by atoms with Crippen LogP contribution >= 0.6 is 11.8 Å². The van der Waals surface area contributed by atoms with Gasteiger partial charge in [-0.25, -0.2) is 0 Å². The first-order valence-electron chi connectivity index (χ1n) is 11.6. The summed E-state index contributed by atoms with van der Waals surface area (Å²) in [4.78, 5) is 38.7. The van der Waals surface area contributed by atoms with Gasteiger partial charge >= 0.3 is 5.97 Å². The van der Waals surface area contributed by atoms with Crippen LogP contribution in [0.3, 0.4) is 0 Å². The van der Waals surface area contributed by atoms with Gasteiger partial charge in [0.25, 0.3) is 0 Å². The van der Waals surface area contributed by atoms with E-state index in [0.29, 0.717) is 17.9 Å². The second-order valence-corrected chi connectivity index (χ2v) is 9.11. The van der Waals surface area contributed by atoms with Crippen LogP contribution in [0.15, 0.2) is 53.1 Å². The van der Waals surface area contributed by atoms with Crippen molar-refractivity contribution >= 4 is 35.2 Å². The molecule has 0 radical (unpaired) electrons. The standard InChI is InChI=1S/C27H29N3O5S/c1-5-34-20-13-8-7-12-18(20)22-19(14-28)26(30-25(32)23(22)27(33)35-6-2)36-15-21(31)29-24-16(3)10-9-11-17(24)4/h7-13,22-23H,5-6,15H2,1-4H3,(H,29,31)(H,30,32)/t22-,23+/m0/s1. The first-order valence-corrected chi connectivity index (χ1v) is 12.6. The fraction of sp³-hybridized carbons (Fsp3) is 0.333. The summed E-state index contributed by atoms with van der Waals surface area (Å²) in [7, 11) is 0. The van der Waals surface area contributed by atoms with Gasteiger partial charge in [0.1, 0.15) is 11.7 Å². The number of carbonyl (C=O) groups excluding carboxylic acids is 3. The third-order valence-electron chi connectivity index (χ3n) is 5.72. The molecule has 0 saturated heterocycles. The Balaban J connectivity index is 1.97. The van der Waals surface area contributed by atoms with E-state index in [2.05, 4.69) is 16.7 Å². The SMILES string of the molecule is CCOC(=O)[C@H]1C(=O)NC(SCC(=O)Nc2c(C)cccc2C)=C(C#N)[C@@H]1c1ccccc1OCC. The van der Waals surface area contributed by atoms with Crippen molar-refractivity contribution in [2.75, 3.05) is 24.3 Å². The number of rotatable bonds is 9. The molecule has 8 nitrogen and oxygen atoms in total. The largest absolute Gasteiger partial charge is 0.494 e. The van der Waals surface area contributed by atoms with Crippen molar-refractivity contribution in [2.24, 2.45) is 5.92 Å². The number of allylic oxidation sites excluding steroid dienone is 1. The maximum Gasteiger partial charge on any atom is 0.319 e. The summed E-state index contributed by atoms with van der Waals surface area (Å²) in [5.41, 5.74) is 3.30. The number of hydrogen-bond acceptors (Lipinski definition) is 7.